The standard InChI is InChI=1S/C14H25NO3/c1-5-10(2)14(12(4)17)15-13(18)9-7-6-8-11(3)16/h10,14H,5-9H2,1-4H3,(H,15,18)/t10?,14-/m0/s1. The topological polar surface area (TPSA) is 63.2 Å². The summed E-state index contributed by atoms with van der Waals surface area (Å²) >= 11 is 0. The predicted molar refractivity (Wildman–Crippen MR) is 71.2 cm³/mol. The van der Waals surface area contributed by atoms with E-state index >= 15 is 0 Å². The van der Waals surface area contributed by atoms with Crippen LogP contribution >= 0.6 is 0 Å². The Labute approximate surface area is 110 Å². The molecule has 0 heterocycles. The number of hydrogen-bond donors (Lipinski definition) is 1. The van der Waals surface area contributed by atoms with Crippen LogP contribution in [0.2, 0.25) is 0 Å². The number of ketones is 2. The molecule has 0 aromatic carbocycles. The van der Waals surface area contributed by atoms with Gasteiger partial charge in [0, 0.05) is 12.8 Å². The highest BCUT2D eigenvalue weighted by Crippen LogP contribution is 2.09. The minimum Gasteiger partial charge on any atom is -0.346 e. The fraction of sp³-hybridized carbons (Fsp3) is 0.786. The highest BCUT2D eigenvalue weighted by Gasteiger charge is 2.22. The Morgan fingerprint density at radius 1 is 1.06 bits per heavy atom. The van der Waals surface area contributed by atoms with Gasteiger partial charge < -0.3 is 10.1 Å². The molecule has 0 aromatic rings. The Kier molecular flexibility index (Phi) is 8.25. The molecule has 0 radical (unpaired) electrons. The van der Waals surface area contributed by atoms with Gasteiger partial charge >= 0.3 is 0 Å². The highest BCUT2D eigenvalue weighted by atomic mass is 16.2. The third kappa shape index (κ3) is 7.20. The highest BCUT2D eigenvalue weighted by molar-refractivity contribution is 5.87. The predicted octanol–water partition coefficient (Wildman–Crippen LogP) is 2.26. The summed E-state index contributed by atoms with van der Waals surface area (Å²) < 4.78 is 0. The van der Waals surface area contributed by atoms with E-state index in [1.807, 2.05) is 13.8 Å². The van der Waals surface area contributed by atoms with Crippen LogP contribution in [0.1, 0.15) is 59.8 Å². The molecule has 0 fully saturated rings. The van der Waals surface area contributed by atoms with Crippen LogP contribution in [0.15, 0.2) is 0 Å². The van der Waals surface area contributed by atoms with E-state index < -0.39 is 0 Å². The number of amides is 1. The van der Waals surface area contributed by atoms with Crippen molar-refractivity contribution in [2.75, 3.05) is 0 Å². The van der Waals surface area contributed by atoms with Gasteiger partial charge in [-0.2, -0.15) is 0 Å². The Morgan fingerprint density at radius 3 is 2.06 bits per heavy atom. The summed E-state index contributed by atoms with van der Waals surface area (Å²) in [6.07, 6.45) is 3.19. The van der Waals surface area contributed by atoms with E-state index in [1.165, 1.54) is 6.92 Å². The van der Waals surface area contributed by atoms with Crippen LogP contribution in [-0.2, 0) is 14.4 Å². The average Bonchev–Trinajstić information content (AvgIpc) is 2.30. The number of carbonyl (C=O) groups excluding carboxylic acids is 3. The second kappa shape index (κ2) is 8.84. The summed E-state index contributed by atoms with van der Waals surface area (Å²) in [6, 6.07) is -0.379. The first kappa shape index (κ1) is 16.8. The van der Waals surface area contributed by atoms with Gasteiger partial charge in [-0.3, -0.25) is 9.59 Å². The molecule has 0 bridgehead atoms. The maximum absolute atomic E-state index is 11.7. The summed E-state index contributed by atoms with van der Waals surface area (Å²) in [5, 5.41) is 2.78. The molecule has 4 heteroatoms. The normalized spacial score (nSPS) is 13.8. The maximum Gasteiger partial charge on any atom is 0.220 e. The molecular weight excluding hydrogens is 230 g/mol. The van der Waals surface area contributed by atoms with Crippen molar-refractivity contribution in [2.45, 2.75) is 65.8 Å². The lowest BCUT2D eigenvalue weighted by Crippen LogP contribution is -2.43. The van der Waals surface area contributed by atoms with E-state index in [4.69, 9.17) is 0 Å². The van der Waals surface area contributed by atoms with Crippen LogP contribution in [-0.4, -0.2) is 23.5 Å². The summed E-state index contributed by atoms with van der Waals surface area (Å²) in [5.74, 6) is 0.209. The minimum absolute atomic E-state index is 0.00133. The number of unbranched alkanes of at least 4 members (excludes halogenated alkanes) is 1. The van der Waals surface area contributed by atoms with Gasteiger partial charge in [0.05, 0.1) is 6.04 Å². The molecule has 0 spiro atoms. The zero-order chi connectivity index (χ0) is 14.1. The summed E-state index contributed by atoms with van der Waals surface area (Å²) in [6.45, 7) is 7.02. The Balaban J connectivity index is 4.03. The SMILES string of the molecule is CCC(C)[C@H](NC(=O)CCCCC(C)=O)C(C)=O. The molecule has 0 aliphatic rings. The van der Waals surface area contributed by atoms with Crippen molar-refractivity contribution in [2.24, 2.45) is 5.92 Å². The molecule has 2 atom stereocenters. The number of rotatable bonds is 9. The average molecular weight is 255 g/mol. The molecule has 0 aliphatic carbocycles. The Morgan fingerprint density at radius 2 is 1.61 bits per heavy atom. The molecule has 0 saturated heterocycles. The lowest BCUT2D eigenvalue weighted by atomic mass is 9.96. The van der Waals surface area contributed by atoms with Crippen molar-refractivity contribution >= 4 is 17.5 Å². The van der Waals surface area contributed by atoms with Crippen LogP contribution in [0, 0.1) is 5.92 Å². The third-order valence-corrected chi connectivity index (χ3v) is 3.15. The van der Waals surface area contributed by atoms with Crippen LogP contribution in [0.3, 0.4) is 0 Å². The van der Waals surface area contributed by atoms with Gasteiger partial charge in [-0.15, -0.1) is 0 Å². The quantitative estimate of drug-likeness (QED) is 0.643. The molecule has 0 aromatic heterocycles. The molecular formula is C14H25NO3. The third-order valence-electron chi connectivity index (χ3n) is 3.15. The van der Waals surface area contributed by atoms with Crippen molar-refractivity contribution in [3.63, 3.8) is 0 Å². The molecule has 104 valence electrons. The van der Waals surface area contributed by atoms with Crippen LogP contribution in [0.4, 0.5) is 0 Å². The largest absolute Gasteiger partial charge is 0.346 e. The Hall–Kier alpha value is -1.19. The minimum atomic E-state index is -0.379. The first-order valence-corrected chi connectivity index (χ1v) is 6.67. The molecule has 1 N–H and O–H groups in total. The molecule has 0 aliphatic heterocycles. The van der Waals surface area contributed by atoms with Crippen molar-refractivity contribution < 1.29 is 14.4 Å². The number of carbonyl (C=O) groups is 3. The van der Waals surface area contributed by atoms with Gasteiger partial charge in [0.2, 0.25) is 5.91 Å². The Bertz CT molecular complexity index is 299. The first-order valence-electron chi connectivity index (χ1n) is 6.67. The first-order chi connectivity index (χ1) is 8.38. The second-order valence-electron chi connectivity index (χ2n) is 4.95. The van der Waals surface area contributed by atoms with Crippen LogP contribution in [0.5, 0.6) is 0 Å². The molecule has 1 amide bonds. The van der Waals surface area contributed by atoms with E-state index in [9.17, 15) is 14.4 Å². The van der Waals surface area contributed by atoms with Crippen molar-refractivity contribution in [1.82, 2.24) is 5.32 Å². The number of nitrogens with one attached hydrogen (secondary N) is 1. The fourth-order valence-corrected chi connectivity index (χ4v) is 1.79. The van der Waals surface area contributed by atoms with E-state index in [0.717, 1.165) is 12.8 Å². The van der Waals surface area contributed by atoms with Gasteiger partial charge in [0.15, 0.2) is 5.78 Å². The smallest absolute Gasteiger partial charge is 0.220 e. The zero-order valence-corrected chi connectivity index (χ0v) is 11.9. The van der Waals surface area contributed by atoms with E-state index in [2.05, 4.69) is 5.32 Å². The van der Waals surface area contributed by atoms with Gasteiger partial charge in [0.25, 0.3) is 0 Å². The van der Waals surface area contributed by atoms with E-state index in [0.29, 0.717) is 19.3 Å². The maximum atomic E-state index is 11.7. The summed E-state index contributed by atoms with van der Waals surface area (Å²) in [5.41, 5.74) is 0. The van der Waals surface area contributed by atoms with Crippen LogP contribution in [0.25, 0.3) is 0 Å². The molecule has 1 unspecified atom stereocenters. The fourth-order valence-electron chi connectivity index (χ4n) is 1.79. The summed E-state index contributed by atoms with van der Waals surface area (Å²) in [4.78, 5) is 33.9. The summed E-state index contributed by atoms with van der Waals surface area (Å²) in [7, 11) is 0. The molecule has 0 saturated carbocycles. The zero-order valence-electron chi connectivity index (χ0n) is 11.9. The lowest BCUT2D eigenvalue weighted by molar-refractivity contribution is -0.128. The number of Topliss-reactive ketones (excluding diaryl/α,β-unsaturated/α-hetero) is 2. The van der Waals surface area contributed by atoms with Gasteiger partial charge in [-0.05, 0) is 32.6 Å². The van der Waals surface area contributed by atoms with Crippen molar-refractivity contribution in [3.05, 3.63) is 0 Å². The number of hydrogen-bond acceptors (Lipinski definition) is 3. The molecule has 18 heavy (non-hydrogen) atoms. The molecule has 4 nitrogen and oxygen atoms in total. The lowest BCUT2D eigenvalue weighted by Gasteiger charge is -2.21. The van der Waals surface area contributed by atoms with E-state index in [1.54, 1.807) is 6.92 Å². The van der Waals surface area contributed by atoms with Gasteiger partial charge in [-0.25, -0.2) is 0 Å². The van der Waals surface area contributed by atoms with E-state index in [-0.39, 0.29) is 29.4 Å². The monoisotopic (exact) mass is 255 g/mol. The van der Waals surface area contributed by atoms with Gasteiger partial charge in [0.1, 0.15) is 5.78 Å². The van der Waals surface area contributed by atoms with Crippen molar-refractivity contribution in [3.8, 4) is 0 Å². The second-order valence-corrected chi connectivity index (χ2v) is 4.95. The van der Waals surface area contributed by atoms with Gasteiger partial charge in [-0.1, -0.05) is 20.3 Å². The van der Waals surface area contributed by atoms with Crippen molar-refractivity contribution in [1.29, 1.82) is 0 Å². The molecule has 0 rings (SSSR count). The van der Waals surface area contributed by atoms with Crippen LogP contribution < -0.4 is 5.32 Å².